The van der Waals surface area contributed by atoms with Gasteiger partial charge >= 0.3 is 5.97 Å². The van der Waals surface area contributed by atoms with E-state index in [9.17, 15) is 19.5 Å². The molecule has 1 N–H and O–H groups in total. The van der Waals surface area contributed by atoms with Crippen LogP contribution in [0.5, 0.6) is 5.75 Å². The Bertz CT molecular complexity index is 1380. The van der Waals surface area contributed by atoms with Crippen molar-refractivity contribution in [2.45, 2.75) is 32.9 Å². The number of hydrogen-bond acceptors (Lipinski definition) is 6. The number of amides is 1. The molecule has 4 rings (SSSR count). The molecule has 0 aromatic heterocycles. The van der Waals surface area contributed by atoms with Crippen LogP contribution in [0.25, 0.3) is 5.76 Å². The van der Waals surface area contributed by atoms with E-state index in [2.05, 4.69) is 0 Å². The number of nitrogens with zero attached hydrogens (tertiary/aromatic N) is 1. The molecule has 0 spiro atoms. The molecule has 0 aliphatic carbocycles. The second-order valence-electron chi connectivity index (χ2n) is 8.66. The maximum absolute atomic E-state index is 13.4. The van der Waals surface area contributed by atoms with Crippen LogP contribution in [0.2, 0.25) is 5.02 Å². The van der Waals surface area contributed by atoms with Crippen molar-refractivity contribution in [1.82, 2.24) is 0 Å². The number of ether oxygens (including phenoxy) is 2. The van der Waals surface area contributed by atoms with E-state index in [4.69, 9.17) is 21.1 Å². The van der Waals surface area contributed by atoms with Gasteiger partial charge in [0.1, 0.15) is 11.5 Å². The van der Waals surface area contributed by atoms with Gasteiger partial charge in [0, 0.05) is 11.3 Å². The third-order valence-corrected chi connectivity index (χ3v) is 6.10. The minimum absolute atomic E-state index is 0.123. The molecule has 1 saturated heterocycles. The Balaban J connectivity index is 1.90. The Morgan fingerprint density at radius 3 is 2.43 bits per heavy atom. The number of carbonyl (C=O) groups excluding carboxylic acids is 3. The lowest BCUT2D eigenvalue weighted by Gasteiger charge is -2.26. The molecule has 1 aliphatic heterocycles. The lowest BCUT2D eigenvalue weighted by atomic mass is 9.95. The molecule has 1 fully saturated rings. The number of hydrogen-bond donors (Lipinski definition) is 1. The zero-order valence-corrected chi connectivity index (χ0v) is 21.4. The first-order valence-corrected chi connectivity index (χ1v) is 12.2. The van der Waals surface area contributed by atoms with Crippen molar-refractivity contribution in [3.05, 3.63) is 100 Å². The van der Waals surface area contributed by atoms with E-state index < -0.39 is 29.5 Å². The minimum atomic E-state index is -0.968. The summed E-state index contributed by atoms with van der Waals surface area (Å²) in [5.74, 6) is -2.24. The molecule has 0 radical (unpaired) electrons. The normalized spacial score (nSPS) is 16.8. The molecule has 1 atom stereocenters. The number of benzene rings is 3. The monoisotopic (exact) mass is 519 g/mol. The fourth-order valence-electron chi connectivity index (χ4n) is 4.20. The summed E-state index contributed by atoms with van der Waals surface area (Å²) >= 11 is 6.39. The van der Waals surface area contributed by atoms with E-state index in [1.165, 1.54) is 17.0 Å². The fourth-order valence-corrected chi connectivity index (χ4v) is 4.41. The third-order valence-electron chi connectivity index (χ3n) is 5.77. The van der Waals surface area contributed by atoms with Crippen LogP contribution >= 0.6 is 11.6 Å². The number of aliphatic hydroxyl groups is 1. The zero-order valence-electron chi connectivity index (χ0n) is 20.6. The Labute approximate surface area is 219 Å². The van der Waals surface area contributed by atoms with Gasteiger partial charge in [0.2, 0.25) is 0 Å². The van der Waals surface area contributed by atoms with Gasteiger partial charge in [-0.1, -0.05) is 48.0 Å². The molecule has 0 bridgehead atoms. The molecule has 1 unspecified atom stereocenters. The molecule has 3 aromatic rings. The lowest BCUT2D eigenvalue weighted by molar-refractivity contribution is -0.132. The van der Waals surface area contributed by atoms with E-state index in [1.54, 1.807) is 74.5 Å². The van der Waals surface area contributed by atoms with Gasteiger partial charge in [-0.05, 0) is 62.7 Å². The predicted molar refractivity (Wildman–Crippen MR) is 141 cm³/mol. The molecule has 8 heteroatoms. The van der Waals surface area contributed by atoms with E-state index in [-0.39, 0.29) is 27.8 Å². The van der Waals surface area contributed by atoms with E-state index in [0.717, 1.165) is 0 Å². The average Bonchev–Trinajstić information content (AvgIpc) is 3.15. The molecule has 37 heavy (non-hydrogen) atoms. The van der Waals surface area contributed by atoms with Crippen molar-refractivity contribution in [1.29, 1.82) is 0 Å². The Hall–Kier alpha value is -4.10. The van der Waals surface area contributed by atoms with Crippen molar-refractivity contribution in [3.63, 3.8) is 0 Å². The summed E-state index contributed by atoms with van der Waals surface area (Å²) in [7, 11) is 0. The van der Waals surface area contributed by atoms with Crippen molar-refractivity contribution in [2.24, 2.45) is 0 Å². The van der Waals surface area contributed by atoms with Crippen molar-refractivity contribution in [2.75, 3.05) is 11.5 Å². The summed E-state index contributed by atoms with van der Waals surface area (Å²) in [6.45, 7) is 5.69. The van der Waals surface area contributed by atoms with Gasteiger partial charge in [-0.25, -0.2) is 4.79 Å². The Morgan fingerprint density at radius 2 is 1.76 bits per heavy atom. The highest BCUT2D eigenvalue weighted by Crippen LogP contribution is 2.43. The largest absolute Gasteiger partial charge is 0.507 e. The topological polar surface area (TPSA) is 93.1 Å². The highest BCUT2D eigenvalue weighted by atomic mass is 35.5. The number of aliphatic hydroxyl groups excluding tert-OH is 1. The van der Waals surface area contributed by atoms with Gasteiger partial charge in [-0.3, -0.25) is 14.5 Å². The van der Waals surface area contributed by atoms with Crippen LogP contribution in [0.15, 0.2) is 78.4 Å². The highest BCUT2D eigenvalue weighted by Gasteiger charge is 2.47. The molecular weight excluding hydrogens is 494 g/mol. The van der Waals surface area contributed by atoms with E-state index in [0.29, 0.717) is 23.6 Å². The van der Waals surface area contributed by atoms with Gasteiger partial charge in [0.05, 0.1) is 34.9 Å². The molecule has 7 nitrogen and oxygen atoms in total. The number of esters is 1. The molecule has 1 heterocycles. The number of Topliss-reactive ketones (excluding diaryl/α,β-unsaturated/α-hetero) is 1. The van der Waals surface area contributed by atoms with Crippen molar-refractivity contribution in [3.8, 4) is 5.75 Å². The summed E-state index contributed by atoms with van der Waals surface area (Å²) in [6, 6.07) is 18.9. The van der Waals surface area contributed by atoms with Gasteiger partial charge in [0.25, 0.3) is 11.7 Å². The first-order chi connectivity index (χ1) is 17.7. The summed E-state index contributed by atoms with van der Waals surface area (Å²) in [6.07, 6.45) is -0.327. The number of rotatable bonds is 7. The molecule has 1 aliphatic rings. The van der Waals surface area contributed by atoms with Crippen LogP contribution in [0.3, 0.4) is 0 Å². The first kappa shape index (κ1) is 26.0. The summed E-state index contributed by atoms with van der Waals surface area (Å²) in [4.78, 5) is 40.6. The number of anilines is 1. The Morgan fingerprint density at radius 1 is 1.03 bits per heavy atom. The maximum atomic E-state index is 13.4. The van der Waals surface area contributed by atoms with E-state index >= 15 is 0 Å². The summed E-state index contributed by atoms with van der Waals surface area (Å²) < 4.78 is 10.8. The molecule has 0 saturated carbocycles. The molecule has 3 aromatic carbocycles. The van der Waals surface area contributed by atoms with Crippen LogP contribution in [-0.4, -0.2) is 35.5 Å². The second-order valence-corrected chi connectivity index (χ2v) is 9.07. The molecule has 190 valence electrons. The Kier molecular flexibility index (Phi) is 7.64. The van der Waals surface area contributed by atoms with Crippen LogP contribution < -0.4 is 9.64 Å². The quantitative estimate of drug-likeness (QED) is 0.180. The van der Waals surface area contributed by atoms with Gasteiger partial charge < -0.3 is 14.6 Å². The van der Waals surface area contributed by atoms with Crippen LogP contribution in [-0.2, 0) is 14.3 Å². The SMILES string of the molecule is CCOc1ccc(Cl)c(/C(O)=C2\C(=O)C(=O)N(c3cccc(C(=O)OC(C)C)c3)C2c2ccccc2)c1. The number of carbonyl (C=O) groups is 3. The predicted octanol–water partition coefficient (Wildman–Crippen LogP) is 5.93. The number of halogens is 1. The van der Waals surface area contributed by atoms with Gasteiger partial charge in [0.15, 0.2) is 0 Å². The van der Waals surface area contributed by atoms with Crippen LogP contribution in [0.1, 0.15) is 48.3 Å². The van der Waals surface area contributed by atoms with Gasteiger partial charge in [-0.2, -0.15) is 0 Å². The fraction of sp³-hybridized carbons (Fsp3) is 0.207. The van der Waals surface area contributed by atoms with Gasteiger partial charge in [-0.15, -0.1) is 0 Å². The van der Waals surface area contributed by atoms with Crippen LogP contribution in [0.4, 0.5) is 5.69 Å². The van der Waals surface area contributed by atoms with E-state index in [1.807, 2.05) is 6.92 Å². The second kappa shape index (κ2) is 10.9. The number of ketones is 1. The molecule has 1 amide bonds. The van der Waals surface area contributed by atoms with Crippen molar-refractivity contribution < 1.29 is 29.0 Å². The van der Waals surface area contributed by atoms with Crippen molar-refractivity contribution >= 4 is 40.7 Å². The highest BCUT2D eigenvalue weighted by molar-refractivity contribution is 6.52. The lowest BCUT2D eigenvalue weighted by Crippen LogP contribution is -2.29. The summed E-state index contributed by atoms with van der Waals surface area (Å²) in [5.41, 5.74) is 1.17. The smallest absolute Gasteiger partial charge is 0.338 e. The zero-order chi connectivity index (χ0) is 26.7. The maximum Gasteiger partial charge on any atom is 0.338 e. The standard InChI is InChI=1S/C29H26ClNO6/c1-4-36-21-13-14-23(30)22(16-21)26(32)24-25(18-9-6-5-7-10-18)31(28(34)27(24)33)20-12-8-11-19(15-20)29(35)37-17(2)3/h5-17,25,32H,4H2,1-3H3/b26-24+. The molecular formula is C29H26ClNO6. The summed E-state index contributed by atoms with van der Waals surface area (Å²) in [5, 5.41) is 11.6. The minimum Gasteiger partial charge on any atom is -0.507 e. The third kappa shape index (κ3) is 5.22. The average molecular weight is 520 g/mol. The first-order valence-electron chi connectivity index (χ1n) is 11.8. The van der Waals surface area contributed by atoms with Crippen LogP contribution in [0, 0.1) is 0 Å².